The van der Waals surface area contributed by atoms with Crippen LogP contribution >= 0.6 is 0 Å². The lowest BCUT2D eigenvalue weighted by atomic mass is 9.67. The van der Waals surface area contributed by atoms with Crippen molar-refractivity contribution in [1.82, 2.24) is 10.3 Å². The van der Waals surface area contributed by atoms with Gasteiger partial charge in [-0.2, -0.15) is 0 Å². The average molecular weight is 461 g/mol. The number of carbonyl (C=O) groups excluding carboxylic acids is 3. The Labute approximate surface area is 198 Å². The van der Waals surface area contributed by atoms with Crippen LogP contribution in [-0.2, 0) is 23.9 Å². The van der Waals surface area contributed by atoms with Gasteiger partial charge < -0.3 is 14.8 Å². The van der Waals surface area contributed by atoms with Gasteiger partial charge in [-0.15, -0.1) is 0 Å². The molecule has 1 aliphatic heterocycles. The van der Waals surface area contributed by atoms with Gasteiger partial charge in [-0.3, -0.25) is 14.6 Å². The second kappa shape index (κ2) is 10.0. The minimum atomic E-state index is -1.01. The van der Waals surface area contributed by atoms with Gasteiger partial charge in [0.15, 0.2) is 5.78 Å². The lowest BCUT2D eigenvalue weighted by Gasteiger charge is -2.39. The van der Waals surface area contributed by atoms with E-state index in [0.29, 0.717) is 34.5 Å². The van der Waals surface area contributed by atoms with E-state index in [4.69, 9.17) is 9.47 Å². The molecule has 3 atom stereocenters. The number of allylic oxidation sites excluding steroid dienone is 3. The van der Waals surface area contributed by atoms with Gasteiger partial charge in [-0.05, 0) is 44.4 Å². The highest BCUT2D eigenvalue weighted by atomic mass is 16.5. The van der Waals surface area contributed by atoms with Crippen molar-refractivity contribution in [3.05, 3.63) is 88.5 Å². The summed E-state index contributed by atoms with van der Waals surface area (Å²) in [5.41, 5.74) is 3.65. The Morgan fingerprint density at radius 3 is 2.38 bits per heavy atom. The molecule has 1 aliphatic carbocycles. The van der Waals surface area contributed by atoms with Crippen molar-refractivity contribution < 1.29 is 23.9 Å². The summed E-state index contributed by atoms with van der Waals surface area (Å²) in [6, 6.07) is 13.1. The topological polar surface area (TPSA) is 94.6 Å². The standard InChI is InChI=1S/C27H28N2O5/c1-4-33-26(31)21-16(3)29-20-14-19(17-10-7-6-8-11-17)23(27(32)34-5-2)25(30)24(20)22(21)18-12-9-13-28-15-18/h6-13,15,19,22-23,29H,4-5,14H2,1-3H3/t19-,22-,23-/m1/s1. The Bertz CT molecular complexity index is 1150. The van der Waals surface area contributed by atoms with Crippen molar-refractivity contribution in [3.8, 4) is 0 Å². The van der Waals surface area contributed by atoms with Crippen LogP contribution in [0.2, 0.25) is 0 Å². The summed E-state index contributed by atoms with van der Waals surface area (Å²) in [6.07, 6.45) is 3.71. The van der Waals surface area contributed by atoms with Crippen LogP contribution in [0.25, 0.3) is 0 Å². The largest absolute Gasteiger partial charge is 0.465 e. The Kier molecular flexibility index (Phi) is 6.91. The van der Waals surface area contributed by atoms with Gasteiger partial charge in [-0.1, -0.05) is 36.4 Å². The monoisotopic (exact) mass is 460 g/mol. The molecule has 1 N–H and O–H groups in total. The summed E-state index contributed by atoms with van der Waals surface area (Å²) < 4.78 is 10.7. The number of dihydropyridines is 1. The summed E-state index contributed by atoms with van der Waals surface area (Å²) in [5.74, 6) is -3.48. The SMILES string of the molecule is CCOC(=O)C1=C(C)NC2=C(C(=O)[C@H](C(=O)OCC)[C@@H](c3ccccc3)C2)[C@@H]1c1cccnc1. The maximum Gasteiger partial charge on any atom is 0.336 e. The summed E-state index contributed by atoms with van der Waals surface area (Å²) in [6.45, 7) is 5.64. The molecule has 0 saturated heterocycles. The molecule has 1 aromatic heterocycles. The molecule has 0 saturated carbocycles. The van der Waals surface area contributed by atoms with Gasteiger partial charge in [-0.25, -0.2) is 4.79 Å². The highest BCUT2D eigenvalue weighted by molar-refractivity contribution is 6.13. The first-order valence-electron chi connectivity index (χ1n) is 11.5. The van der Waals surface area contributed by atoms with Gasteiger partial charge in [0, 0.05) is 41.2 Å². The Morgan fingerprint density at radius 1 is 1.03 bits per heavy atom. The molecule has 0 fully saturated rings. The molecule has 2 heterocycles. The van der Waals surface area contributed by atoms with E-state index >= 15 is 0 Å². The molecule has 7 nitrogen and oxygen atoms in total. The number of nitrogens with zero attached hydrogens (tertiary/aromatic N) is 1. The molecule has 2 aromatic rings. The number of ketones is 1. The molecular weight excluding hydrogens is 432 g/mol. The molecule has 0 bridgehead atoms. The van der Waals surface area contributed by atoms with Crippen molar-refractivity contribution in [2.75, 3.05) is 13.2 Å². The highest BCUT2D eigenvalue weighted by Gasteiger charge is 2.49. The molecule has 2 aliphatic rings. The van der Waals surface area contributed by atoms with Crippen LogP contribution in [-0.4, -0.2) is 35.9 Å². The second-order valence-corrected chi connectivity index (χ2v) is 8.31. The second-order valence-electron chi connectivity index (χ2n) is 8.31. The first-order valence-corrected chi connectivity index (χ1v) is 11.5. The van der Waals surface area contributed by atoms with E-state index in [2.05, 4.69) is 10.3 Å². The number of Topliss-reactive ketones (excluding diaryl/α,β-unsaturated/α-hetero) is 1. The summed E-state index contributed by atoms with van der Waals surface area (Å²) in [5, 5.41) is 3.29. The number of pyridine rings is 1. The third-order valence-electron chi connectivity index (χ3n) is 6.30. The number of esters is 2. The van der Waals surface area contributed by atoms with Crippen LogP contribution in [0.3, 0.4) is 0 Å². The van der Waals surface area contributed by atoms with Crippen LogP contribution in [0.5, 0.6) is 0 Å². The summed E-state index contributed by atoms with van der Waals surface area (Å²) >= 11 is 0. The molecule has 0 unspecified atom stereocenters. The van der Waals surface area contributed by atoms with E-state index in [1.54, 1.807) is 39.2 Å². The minimum Gasteiger partial charge on any atom is -0.465 e. The first kappa shape index (κ1) is 23.4. The number of ether oxygens (including phenoxy) is 2. The van der Waals surface area contributed by atoms with E-state index in [-0.39, 0.29) is 24.9 Å². The molecular formula is C27H28N2O5. The van der Waals surface area contributed by atoms with Crippen molar-refractivity contribution in [2.24, 2.45) is 5.92 Å². The molecule has 34 heavy (non-hydrogen) atoms. The summed E-state index contributed by atoms with van der Waals surface area (Å²) in [7, 11) is 0. The van der Waals surface area contributed by atoms with Crippen molar-refractivity contribution in [1.29, 1.82) is 0 Å². The van der Waals surface area contributed by atoms with E-state index in [0.717, 1.165) is 5.56 Å². The lowest BCUT2D eigenvalue weighted by molar-refractivity contribution is -0.152. The first-order chi connectivity index (χ1) is 16.5. The van der Waals surface area contributed by atoms with Crippen molar-refractivity contribution >= 4 is 17.7 Å². The van der Waals surface area contributed by atoms with Crippen LogP contribution in [0.1, 0.15) is 50.2 Å². The quantitative estimate of drug-likeness (QED) is 0.518. The van der Waals surface area contributed by atoms with Gasteiger partial charge in [0.2, 0.25) is 0 Å². The minimum absolute atomic E-state index is 0.174. The molecule has 0 amide bonds. The number of benzene rings is 1. The predicted octanol–water partition coefficient (Wildman–Crippen LogP) is 3.80. The van der Waals surface area contributed by atoms with Crippen molar-refractivity contribution in [2.45, 2.75) is 39.0 Å². The number of nitrogens with one attached hydrogen (secondary N) is 1. The fraction of sp³-hybridized carbons (Fsp3) is 0.333. The van der Waals surface area contributed by atoms with E-state index in [1.165, 1.54) is 0 Å². The summed E-state index contributed by atoms with van der Waals surface area (Å²) in [4.78, 5) is 44.4. The van der Waals surface area contributed by atoms with Crippen LogP contribution < -0.4 is 5.32 Å². The Morgan fingerprint density at radius 2 is 1.74 bits per heavy atom. The number of carbonyl (C=O) groups is 3. The average Bonchev–Trinajstić information content (AvgIpc) is 2.84. The zero-order chi connectivity index (χ0) is 24.2. The normalized spacial score (nSPS) is 22.1. The molecule has 1 aromatic carbocycles. The van der Waals surface area contributed by atoms with Gasteiger partial charge in [0.25, 0.3) is 0 Å². The van der Waals surface area contributed by atoms with Gasteiger partial charge in [0.1, 0.15) is 5.92 Å². The number of hydrogen-bond donors (Lipinski definition) is 1. The van der Waals surface area contributed by atoms with E-state index in [1.807, 2.05) is 36.4 Å². The molecule has 4 rings (SSSR count). The third kappa shape index (κ3) is 4.25. The van der Waals surface area contributed by atoms with Crippen molar-refractivity contribution in [3.63, 3.8) is 0 Å². The Hall–Kier alpha value is -3.74. The van der Waals surface area contributed by atoms with Crippen LogP contribution in [0.15, 0.2) is 77.4 Å². The number of hydrogen-bond acceptors (Lipinski definition) is 7. The maximum atomic E-state index is 14.1. The maximum absolute atomic E-state index is 14.1. The molecule has 176 valence electrons. The molecule has 7 heteroatoms. The van der Waals surface area contributed by atoms with E-state index < -0.39 is 23.8 Å². The van der Waals surface area contributed by atoms with Crippen LogP contribution in [0, 0.1) is 5.92 Å². The highest BCUT2D eigenvalue weighted by Crippen LogP contribution is 2.48. The predicted molar refractivity (Wildman–Crippen MR) is 125 cm³/mol. The number of aromatic nitrogens is 1. The fourth-order valence-corrected chi connectivity index (χ4v) is 4.91. The van der Waals surface area contributed by atoms with E-state index in [9.17, 15) is 14.4 Å². The Balaban J connectivity index is 1.88. The smallest absolute Gasteiger partial charge is 0.336 e. The number of rotatable bonds is 6. The fourth-order valence-electron chi connectivity index (χ4n) is 4.91. The van der Waals surface area contributed by atoms with Gasteiger partial charge >= 0.3 is 11.9 Å². The van der Waals surface area contributed by atoms with Crippen LogP contribution in [0.4, 0.5) is 0 Å². The third-order valence-corrected chi connectivity index (χ3v) is 6.30. The zero-order valence-corrected chi connectivity index (χ0v) is 19.5. The van der Waals surface area contributed by atoms with Gasteiger partial charge in [0.05, 0.1) is 18.8 Å². The zero-order valence-electron chi connectivity index (χ0n) is 19.5. The lowest BCUT2D eigenvalue weighted by Crippen LogP contribution is -2.43. The molecule has 0 spiro atoms. The molecule has 0 radical (unpaired) electrons.